The molecule has 0 N–H and O–H groups in total. The summed E-state index contributed by atoms with van der Waals surface area (Å²) in [5, 5.41) is 20.4. The predicted molar refractivity (Wildman–Crippen MR) is 70.3 cm³/mol. The molecule has 0 aromatic carbocycles. The number of hydrogen-bond acceptors (Lipinski definition) is 7. The van der Waals surface area contributed by atoms with Crippen LogP contribution in [0.5, 0.6) is 0 Å². The Labute approximate surface area is 116 Å². The van der Waals surface area contributed by atoms with Crippen molar-refractivity contribution < 1.29 is 9.45 Å². The maximum atomic E-state index is 10.6. The molecule has 20 heavy (non-hydrogen) atoms. The minimum absolute atomic E-state index is 0.0742. The lowest BCUT2D eigenvalue weighted by molar-refractivity contribution is -0.385. The third-order valence-corrected chi connectivity index (χ3v) is 3.60. The van der Waals surface area contributed by atoms with Gasteiger partial charge in [-0.2, -0.15) is 10.1 Å². The normalized spacial score (nSPS) is 12.4. The van der Waals surface area contributed by atoms with Gasteiger partial charge in [0.05, 0.1) is 9.80 Å². The monoisotopic (exact) mass is 291 g/mol. The summed E-state index contributed by atoms with van der Waals surface area (Å²) < 4.78 is 6.61. The van der Waals surface area contributed by atoms with Crippen LogP contribution in [-0.2, 0) is 0 Å². The van der Waals surface area contributed by atoms with Gasteiger partial charge in [-0.1, -0.05) is 11.2 Å². The fraction of sp³-hybridized carbons (Fsp3) is 0.182. The summed E-state index contributed by atoms with van der Waals surface area (Å²) >= 11 is 1.51. The van der Waals surface area contributed by atoms with Crippen LogP contribution in [0.15, 0.2) is 34.4 Å². The first-order valence-corrected chi connectivity index (χ1v) is 6.59. The Morgan fingerprint density at radius 1 is 1.55 bits per heavy atom. The van der Waals surface area contributed by atoms with Gasteiger partial charge in [-0.15, -0.1) is 11.3 Å². The second kappa shape index (κ2) is 4.85. The molecule has 0 spiro atoms. The Morgan fingerprint density at radius 2 is 2.40 bits per heavy atom. The van der Waals surface area contributed by atoms with Crippen LogP contribution < -0.4 is 0 Å². The second-order valence-electron chi connectivity index (χ2n) is 4.05. The van der Waals surface area contributed by atoms with Crippen LogP contribution >= 0.6 is 11.3 Å². The average Bonchev–Trinajstić information content (AvgIpc) is 3.17. The van der Waals surface area contributed by atoms with Gasteiger partial charge in [0, 0.05) is 0 Å². The van der Waals surface area contributed by atoms with Crippen molar-refractivity contribution >= 4 is 17.0 Å². The van der Waals surface area contributed by atoms with Gasteiger partial charge in [0.25, 0.3) is 5.89 Å². The Hall–Kier alpha value is -2.55. The van der Waals surface area contributed by atoms with E-state index in [0.717, 1.165) is 4.88 Å². The Kier molecular flexibility index (Phi) is 3.03. The zero-order valence-corrected chi connectivity index (χ0v) is 11.1. The van der Waals surface area contributed by atoms with Crippen molar-refractivity contribution in [3.05, 3.63) is 45.9 Å². The highest BCUT2D eigenvalue weighted by atomic mass is 32.1. The number of hydrogen-bond donors (Lipinski definition) is 0. The van der Waals surface area contributed by atoms with Gasteiger partial charge in [-0.25, -0.2) is 0 Å². The lowest BCUT2D eigenvalue weighted by Gasteiger charge is -2.04. The molecule has 0 saturated carbocycles. The van der Waals surface area contributed by atoms with Gasteiger partial charge >= 0.3 is 5.69 Å². The second-order valence-corrected chi connectivity index (χ2v) is 4.99. The van der Waals surface area contributed by atoms with Crippen molar-refractivity contribution in [3.63, 3.8) is 0 Å². The fourth-order valence-electron chi connectivity index (χ4n) is 1.66. The highest BCUT2D eigenvalue weighted by Gasteiger charge is 2.20. The molecule has 0 amide bonds. The van der Waals surface area contributed by atoms with Gasteiger partial charge in [-0.3, -0.25) is 14.8 Å². The largest absolute Gasteiger partial charge is 0.337 e. The molecule has 0 unspecified atom stereocenters. The maximum absolute atomic E-state index is 10.6. The Morgan fingerprint density at radius 3 is 3.05 bits per heavy atom. The van der Waals surface area contributed by atoms with Crippen molar-refractivity contribution in [2.45, 2.75) is 13.0 Å². The van der Waals surface area contributed by atoms with E-state index in [9.17, 15) is 10.1 Å². The topological polar surface area (TPSA) is 99.9 Å². The molecule has 1 atom stereocenters. The van der Waals surface area contributed by atoms with Gasteiger partial charge in [0.15, 0.2) is 0 Å². The van der Waals surface area contributed by atoms with Crippen LogP contribution in [-0.4, -0.2) is 24.8 Å². The molecule has 0 fully saturated rings. The Bertz CT molecular complexity index is 733. The summed E-state index contributed by atoms with van der Waals surface area (Å²) in [6.07, 6.45) is 2.52. The van der Waals surface area contributed by atoms with Gasteiger partial charge < -0.3 is 4.52 Å². The number of aromatic nitrogens is 4. The molecule has 0 aliphatic rings. The van der Waals surface area contributed by atoms with E-state index >= 15 is 0 Å². The van der Waals surface area contributed by atoms with Crippen molar-refractivity contribution in [2.75, 3.05) is 0 Å². The smallest absolute Gasteiger partial charge is 0.307 e. The molecule has 102 valence electrons. The standard InChI is InChI=1S/C11H9N5O3S/c1-7(15-6-8(5-12-15)16(17)18)11-13-10(14-19-11)9-3-2-4-20-9/h2-7H,1H3/t7-/m0/s1. The summed E-state index contributed by atoms with van der Waals surface area (Å²) in [5.74, 6) is 0.856. The van der Waals surface area contributed by atoms with E-state index in [0.29, 0.717) is 11.7 Å². The molecule has 0 saturated heterocycles. The molecule has 0 radical (unpaired) electrons. The molecule has 9 heteroatoms. The average molecular weight is 291 g/mol. The van der Waals surface area contributed by atoms with E-state index < -0.39 is 4.92 Å². The van der Waals surface area contributed by atoms with E-state index in [2.05, 4.69) is 15.2 Å². The van der Waals surface area contributed by atoms with E-state index in [4.69, 9.17) is 4.52 Å². The lowest BCUT2D eigenvalue weighted by atomic mass is 10.3. The van der Waals surface area contributed by atoms with Crippen molar-refractivity contribution in [2.24, 2.45) is 0 Å². The van der Waals surface area contributed by atoms with Crippen LogP contribution in [0.4, 0.5) is 5.69 Å². The van der Waals surface area contributed by atoms with Crippen LogP contribution in [0.25, 0.3) is 10.7 Å². The summed E-state index contributed by atoms with van der Waals surface area (Å²) in [6, 6.07) is 3.42. The van der Waals surface area contributed by atoms with Crippen LogP contribution in [0.2, 0.25) is 0 Å². The minimum Gasteiger partial charge on any atom is -0.337 e. The molecule has 8 nitrogen and oxygen atoms in total. The number of nitro groups is 1. The molecule has 0 aliphatic heterocycles. The quantitative estimate of drug-likeness (QED) is 0.541. The maximum Gasteiger partial charge on any atom is 0.307 e. The zero-order valence-electron chi connectivity index (χ0n) is 10.3. The van der Waals surface area contributed by atoms with Crippen molar-refractivity contribution in [1.82, 2.24) is 19.9 Å². The van der Waals surface area contributed by atoms with Gasteiger partial charge in [0.2, 0.25) is 5.82 Å². The zero-order chi connectivity index (χ0) is 14.1. The summed E-state index contributed by atoms with van der Waals surface area (Å²) in [4.78, 5) is 15.3. The van der Waals surface area contributed by atoms with Crippen molar-refractivity contribution in [3.8, 4) is 10.7 Å². The van der Waals surface area contributed by atoms with Crippen LogP contribution in [0, 0.1) is 10.1 Å². The first kappa shape index (κ1) is 12.5. The molecule has 3 aromatic rings. The number of thiophene rings is 1. The summed E-state index contributed by atoms with van der Waals surface area (Å²) in [7, 11) is 0. The van der Waals surface area contributed by atoms with E-state index in [-0.39, 0.29) is 11.7 Å². The lowest BCUT2D eigenvalue weighted by Crippen LogP contribution is -2.07. The van der Waals surface area contributed by atoms with Crippen LogP contribution in [0.3, 0.4) is 0 Å². The highest BCUT2D eigenvalue weighted by Crippen LogP contribution is 2.24. The highest BCUT2D eigenvalue weighted by molar-refractivity contribution is 7.13. The molecular formula is C11H9N5O3S. The Balaban J connectivity index is 1.86. The molecular weight excluding hydrogens is 282 g/mol. The summed E-state index contributed by atoms with van der Waals surface area (Å²) in [5.41, 5.74) is -0.0742. The molecule has 3 aromatic heterocycles. The first-order chi connectivity index (χ1) is 9.65. The molecule has 0 aliphatic carbocycles. The van der Waals surface area contributed by atoms with Crippen molar-refractivity contribution in [1.29, 1.82) is 0 Å². The third-order valence-electron chi connectivity index (χ3n) is 2.74. The predicted octanol–water partition coefficient (Wildman–Crippen LogP) is 2.51. The fourth-order valence-corrected chi connectivity index (χ4v) is 2.31. The molecule has 0 bridgehead atoms. The van der Waals surface area contributed by atoms with Crippen LogP contribution in [0.1, 0.15) is 18.9 Å². The minimum atomic E-state index is -0.499. The number of rotatable bonds is 4. The summed E-state index contributed by atoms with van der Waals surface area (Å²) in [6.45, 7) is 1.78. The third kappa shape index (κ3) is 2.18. The SMILES string of the molecule is C[C@@H](c1nc(-c2cccs2)no1)n1cc([N+](=O)[O-])cn1. The molecule has 3 heterocycles. The van der Waals surface area contributed by atoms with Gasteiger partial charge in [0.1, 0.15) is 18.4 Å². The first-order valence-electron chi connectivity index (χ1n) is 5.71. The van der Waals surface area contributed by atoms with E-state index in [1.54, 1.807) is 6.92 Å². The van der Waals surface area contributed by atoms with Gasteiger partial charge in [-0.05, 0) is 18.4 Å². The van der Waals surface area contributed by atoms with E-state index in [1.165, 1.54) is 28.4 Å². The number of nitrogens with zero attached hydrogens (tertiary/aromatic N) is 5. The molecule has 3 rings (SSSR count). The van der Waals surface area contributed by atoms with E-state index in [1.807, 2.05) is 17.5 Å².